The van der Waals surface area contributed by atoms with E-state index in [2.05, 4.69) is 15.6 Å². The number of amidine groups is 1. The Labute approximate surface area is 121 Å². The molecule has 20 heavy (non-hydrogen) atoms. The maximum Gasteiger partial charge on any atom is 0.315 e. The Hall–Kier alpha value is -2.02. The molecule has 1 aromatic carbocycles. The average molecular weight is 293 g/mol. The monoisotopic (exact) mass is 293 g/mol. The Bertz CT molecular complexity index is 545. The normalized spacial score (nSPS) is 13.6. The van der Waals surface area contributed by atoms with E-state index in [9.17, 15) is 9.59 Å². The standard InChI is InChI=1S/C13H15N3O3S/c1-2-19-10-6-4-3-5-9(10)15-11(17)12(18)16-13-14-7-8-20-13/h3-6H,2,7-8H2,1H3,(H,15,17)(H,14,16,18). The number of anilines is 1. The van der Waals surface area contributed by atoms with Crippen LogP contribution >= 0.6 is 11.8 Å². The van der Waals surface area contributed by atoms with E-state index < -0.39 is 11.8 Å². The molecule has 0 unspecified atom stereocenters. The van der Waals surface area contributed by atoms with E-state index in [-0.39, 0.29) is 0 Å². The van der Waals surface area contributed by atoms with Gasteiger partial charge >= 0.3 is 11.8 Å². The summed E-state index contributed by atoms with van der Waals surface area (Å²) >= 11 is 1.42. The van der Waals surface area contributed by atoms with Crippen molar-refractivity contribution in [2.45, 2.75) is 6.92 Å². The fraction of sp³-hybridized carbons (Fsp3) is 0.308. The molecule has 0 spiro atoms. The van der Waals surface area contributed by atoms with E-state index in [1.807, 2.05) is 6.92 Å². The summed E-state index contributed by atoms with van der Waals surface area (Å²) in [7, 11) is 0. The zero-order valence-electron chi connectivity index (χ0n) is 11.0. The minimum atomic E-state index is -0.743. The van der Waals surface area contributed by atoms with E-state index in [1.165, 1.54) is 11.8 Å². The Kier molecular flexibility index (Phi) is 5.00. The van der Waals surface area contributed by atoms with Gasteiger partial charge in [0.2, 0.25) is 0 Å². The number of carbonyl (C=O) groups excluding carboxylic acids is 2. The van der Waals surface area contributed by atoms with Crippen LogP contribution in [0.5, 0.6) is 5.75 Å². The fourth-order valence-electron chi connectivity index (χ4n) is 1.60. The highest BCUT2D eigenvalue weighted by Gasteiger charge is 2.19. The Morgan fingerprint density at radius 2 is 2.05 bits per heavy atom. The number of benzene rings is 1. The van der Waals surface area contributed by atoms with E-state index in [4.69, 9.17) is 4.74 Å². The summed E-state index contributed by atoms with van der Waals surface area (Å²) < 4.78 is 5.38. The Balaban J connectivity index is 1.98. The SMILES string of the molecule is CCOc1ccccc1NC(=O)C(=O)NC1=NCCS1. The van der Waals surface area contributed by atoms with Crippen LogP contribution in [0.3, 0.4) is 0 Å². The van der Waals surface area contributed by atoms with Crippen molar-refractivity contribution >= 4 is 34.4 Å². The third-order valence-electron chi connectivity index (χ3n) is 2.45. The predicted molar refractivity (Wildman–Crippen MR) is 79.1 cm³/mol. The lowest BCUT2D eigenvalue weighted by molar-refractivity contribution is -0.135. The molecule has 0 atom stereocenters. The van der Waals surface area contributed by atoms with E-state index in [0.717, 1.165) is 5.75 Å². The first-order valence-corrected chi connectivity index (χ1v) is 7.20. The summed E-state index contributed by atoms with van der Waals surface area (Å²) in [5, 5.41) is 5.49. The van der Waals surface area contributed by atoms with Gasteiger partial charge < -0.3 is 10.1 Å². The minimum Gasteiger partial charge on any atom is -0.492 e. The second-order valence-corrected chi connectivity index (χ2v) is 4.96. The summed E-state index contributed by atoms with van der Waals surface area (Å²) in [5.74, 6) is -0.120. The molecule has 0 saturated heterocycles. The van der Waals surface area contributed by atoms with Crippen molar-refractivity contribution in [3.05, 3.63) is 24.3 Å². The van der Waals surface area contributed by atoms with Gasteiger partial charge in [-0.25, -0.2) is 0 Å². The molecule has 6 nitrogen and oxygen atoms in total. The van der Waals surface area contributed by atoms with Crippen molar-refractivity contribution in [2.24, 2.45) is 4.99 Å². The van der Waals surface area contributed by atoms with E-state index in [0.29, 0.717) is 29.8 Å². The lowest BCUT2D eigenvalue weighted by Gasteiger charge is -2.10. The van der Waals surface area contributed by atoms with Crippen LogP contribution in [0, 0.1) is 0 Å². The summed E-state index contributed by atoms with van der Waals surface area (Å²) in [4.78, 5) is 27.6. The third-order valence-corrected chi connectivity index (χ3v) is 3.34. The van der Waals surface area contributed by atoms with Crippen LogP contribution in [0.1, 0.15) is 6.92 Å². The smallest absolute Gasteiger partial charge is 0.315 e. The number of nitrogens with one attached hydrogen (secondary N) is 2. The largest absolute Gasteiger partial charge is 0.492 e. The predicted octanol–water partition coefficient (Wildman–Crippen LogP) is 1.24. The molecule has 7 heteroatoms. The number of carbonyl (C=O) groups is 2. The molecule has 0 fully saturated rings. The molecule has 0 aliphatic carbocycles. The van der Waals surface area contributed by atoms with Gasteiger partial charge in [-0.2, -0.15) is 0 Å². The second-order valence-electron chi connectivity index (χ2n) is 3.87. The number of para-hydroxylation sites is 2. The molecule has 1 heterocycles. The molecule has 1 aliphatic heterocycles. The summed E-state index contributed by atoms with van der Waals surface area (Å²) in [6, 6.07) is 6.96. The maximum atomic E-state index is 11.8. The highest BCUT2D eigenvalue weighted by molar-refractivity contribution is 8.14. The van der Waals surface area contributed by atoms with Crippen LogP contribution in [0.15, 0.2) is 29.3 Å². The van der Waals surface area contributed by atoms with Gasteiger partial charge in [-0.1, -0.05) is 23.9 Å². The number of rotatable bonds is 3. The number of hydrogen-bond donors (Lipinski definition) is 2. The third kappa shape index (κ3) is 3.74. The van der Waals surface area contributed by atoms with Gasteiger partial charge in [-0.15, -0.1) is 0 Å². The molecule has 2 rings (SSSR count). The summed E-state index contributed by atoms with van der Waals surface area (Å²) in [5.41, 5.74) is 0.468. The molecule has 0 aromatic heterocycles. The number of amides is 2. The van der Waals surface area contributed by atoms with Crippen LogP contribution in [-0.2, 0) is 9.59 Å². The fourth-order valence-corrected chi connectivity index (χ4v) is 2.32. The number of ether oxygens (including phenoxy) is 1. The Morgan fingerprint density at radius 3 is 2.75 bits per heavy atom. The molecule has 2 N–H and O–H groups in total. The van der Waals surface area contributed by atoms with Gasteiger partial charge in [0, 0.05) is 5.75 Å². The van der Waals surface area contributed by atoms with Crippen molar-refractivity contribution in [1.29, 1.82) is 0 Å². The lowest BCUT2D eigenvalue weighted by Crippen LogP contribution is -2.37. The van der Waals surface area contributed by atoms with Crippen molar-refractivity contribution in [3.8, 4) is 5.75 Å². The van der Waals surface area contributed by atoms with Crippen LogP contribution < -0.4 is 15.4 Å². The van der Waals surface area contributed by atoms with Gasteiger partial charge in [0.05, 0.1) is 18.8 Å². The van der Waals surface area contributed by atoms with Crippen molar-refractivity contribution in [2.75, 3.05) is 24.2 Å². The number of aliphatic imine (C=N–C) groups is 1. The lowest BCUT2D eigenvalue weighted by atomic mass is 10.3. The first-order chi connectivity index (χ1) is 9.70. The van der Waals surface area contributed by atoms with Crippen LogP contribution in [0.2, 0.25) is 0 Å². The topological polar surface area (TPSA) is 79.8 Å². The molecule has 1 aliphatic rings. The molecular formula is C13H15N3O3S. The highest BCUT2D eigenvalue weighted by Crippen LogP contribution is 2.23. The summed E-state index contributed by atoms with van der Waals surface area (Å²) in [6.07, 6.45) is 0. The second kappa shape index (κ2) is 6.95. The molecular weight excluding hydrogens is 278 g/mol. The molecule has 0 radical (unpaired) electrons. The zero-order valence-corrected chi connectivity index (χ0v) is 11.8. The number of hydrogen-bond acceptors (Lipinski definition) is 5. The van der Waals surface area contributed by atoms with Crippen molar-refractivity contribution in [1.82, 2.24) is 5.32 Å². The van der Waals surface area contributed by atoms with Gasteiger partial charge in [-0.3, -0.25) is 19.9 Å². The average Bonchev–Trinajstić information content (AvgIpc) is 2.94. The Morgan fingerprint density at radius 1 is 1.30 bits per heavy atom. The van der Waals surface area contributed by atoms with E-state index in [1.54, 1.807) is 24.3 Å². The van der Waals surface area contributed by atoms with Gasteiger partial charge in [0.1, 0.15) is 5.75 Å². The molecule has 0 saturated carbocycles. The van der Waals surface area contributed by atoms with Crippen LogP contribution in [0.4, 0.5) is 5.69 Å². The highest BCUT2D eigenvalue weighted by atomic mass is 32.2. The van der Waals surface area contributed by atoms with Crippen LogP contribution in [0.25, 0.3) is 0 Å². The first kappa shape index (κ1) is 14.4. The van der Waals surface area contributed by atoms with Gasteiger partial charge in [0.15, 0.2) is 5.17 Å². The molecule has 106 valence electrons. The van der Waals surface area contributed by atoms with Crippen molar-refractivity contribution < 1.29 is 14.3 Å². The minimum absolute atomic E-state index is 0.468. The maximum absolute atomic E-state index is 11.8. The van der Waals surface area contributed by atoms with Crippen molar-refractivity contribution in [3.63, 3.8) is 0 Å². The van der Waals surface area contributed by atoms with Gasteiger partial charge in [-0.05, 0) is 19.1 Å². The molecule has 0 bridgehead atoms. The molecule has 1 aromatic rings. The molecule has 2 amide bonds. The van der Waals surface area contributed by atoms with Gasteiger partial charge in [0.25, 0.3) is 0 Å². The van der Waals surface area contributed by atoms with E-state index >= 15 is 0 Å². The summed E-state index contributed by atoms with van der Waals surface area (Å²) in [6.45, 7) is 2.99. The van der Waals surface area contributed by atoms with Crippen LogP contribution in [-0.4, -0.2) is 35.9 Å². The first-order valence-electron chi connectivity index (χ1n) is 6.22. The quantitative estimate of drug-likeness (QED) is 0.822. The number of nitrogens with zero attached hydrogens (tertiary/aromatic N) is 1. The zero-order chi connectivity index (χ0) is 14.4. The number of thioether (sulfide) groups is 1.